The highest BCUT2D eigenvalue weighted by Crippen LogP contribution is 2.42. The maximum absolute atomic E-state index is 3.55. The van der Waals surface area contributed by atoms with Crippen molar-refractivity contribution >= 4 is 11.4 Å². The van der Waals surface area contributed by atoms with Gasteiger partial charge in [-0.15, -0.1) is 0 Å². The minimum Gasteiger partial charge on any atom is -0.356 e. The first kappa shape index (κ1) is 11.1. The normalized spacial score (nSPS) is 18.3. The van der Waals surface area contributed by atoms with Crippen molar-refractivity contribution in [2.45, 2.75) is 37.5 Å². The van der Waals surface area contributed by atoms with Gasteiger partial charge in [0.25, 0.3) is 0 Å². The van der Waals surface area contributed by atoms with Gasteiger partial charge in [0.15, 0.2) is 0 Å². The number of anilines is 2. The molecule has 0 aromatic heterocycles. The summed E-state index contributed by atoms with van der Waals surface area (Å²) in [5.41, 5.74) is 5.42. The van der Waals surface area contributed by atoms with Crippen LogP contribution in [0.3, 0.4) is 0 Å². The van der Waals surface area contributed by atoms with Crippen LogP contribution in [0, 0.1) is 0 Å². The summed E-state index contributed by atoms with van der Waals surface area (Å²) in [4.78, 5) is 0. The third-order valence-electron chi connectivity index (χ3n) is 4.16. The fraction of sp³-hybridized carbons (Fsp3) is 0.333. The largest absolute Gasteiger partial charge is 0.356 e. The van der Waals surface area contributed by atoms with Gasteiger partial charge in [-0.05, 0) is 72.9 Å². The number of nitrogens with one attached hydrogen (secondary N) is 1. The molecule has 4 rings (SSSR count). The van der Waals surface area contributed by atoms with E-state index in [9.17, 15) is 0 Å². The topological polar surface area (TPSA) is 12.0 Å². The molecule has 0 heterocycles. The van der Waals surface area contributed by atoms with Crippen molar-refractivity contribution in [1.29, 1.82) is 0 Å². The highest BCUT2D eigenvalue weighted by atomic mass is 14.9. The molecule has 0 unspecified atom stereocenters. The summed E-state index contributed by atoms with van der Waals surface area (Å²) in [7, 11) is 0. The van der Waals surface area contributed by atoms with E-state index in [1.807, 2.05) is 0 Å². The molecule has 1 nitrogen and oxygen atoms in total. The van der Waals surface area contributed by atoms with Crippen LogP contribution >= 0.6 is 0 Å². The second kappa shape index (κ2) is 4.41. The number of benzene rings is 2. The third kappa shape index (κ3) is 2.51. The molecule has 2 fully saturated rings. The van der Waals surface area contributed by atoms with Crippen molar-refractivity contribution in [3.8, 4) is 0 Å². The number of hydrogen-bond donors (Lipinski definition) is 1. The minimum atomic E-state index is 0.819. The molecular weight excluding hydrogens is 230 g/mol. The molecule has 19 heavy (non-hydrogen) atoms. The van der Waals surface area contributed by atoms with Crippen LogP contribution in [-0.2, 0) is 0 Å². The number of hydrogen-bond acceptors (Lipinski definition) is 1. The van der Waals surface area contributed by atoms with E-state index in [0.717, 1.165) is 11.8 Å². The standard InChI is InChI=1S/C18H19N/c1-3-15(13-7-8-13)11-17(5-1)19-18-6-2-4-16(12-18)14-9-10-14/h1-6,11-14,19H,7-10H2. The van der Waals surface area contributed by atoms with Crippen molar-refractivity contribution in [2.24, 2.45) is 0 Å². The van der Waals surface area contributed by atoms with Gasteiger partial charge in [0.1, 0.15) is 0 Å². The first-order valence-corrected chi connectivity index (χ1v) is 7.35. The van der Waals surface area contributed by atoms with Gasteiger partial charge in [0.2, 0.25) is 0 Å². The lowest BCUT2D eigenvalue weighted by Crippen LogP contribution is -1.92. The van der Waals surface area contributed by atoms with E-state index in [0.29, 0.717) is 0 Å². The van der Waals surface area contributed by atoms with Gasteiger partial charge in [0.05, 0.1) is 0 Å². The summed E-state index contributed by atoms with van der Waals surface area (Å²) in [6.45, 7) is 0. The lowest BCUT2D eigenvalue weighted by molar-refractivity contribution is 1.13. The molecule has 2 aromatic carbocycles. The molecule has 2 aliphatic carbocycles. The quantitative estimate of drug-likeness (QED) is 0.786. The van der Waals surface area contributed by atoms with Gasteiger partial charge < -0.3 is 5.32 Å². The zero-order valence-corrected chi connectivity index (χ0v) is 11.1. The van der Waals surface area contributed by atoms with Gasteiger partial charge in [-0.25, -0.2) is 0 Å². The molecule has 0 saturated heterocycles. The summed E-state index contributed by atoms with van der Waals surface area (Å²) in [5.74, 6) is 1.64. The summed E-state index contributed by atoms with van der Waals surface area (Å²) in [6.07, 6.45) is 5.45. The van der Waals surface area contributed by atoms with E-state index in [2.05, 4.69) is 53.8 Å². The van der Waals surface area contributed by atoms with Crippen LogP contribution in [0.15, 0.2) is 48.5 Å². The molecule has 0 radical (unpaired) electrons. The molecule has 0 amide bonds. The molecule has 96 valence electrons. The zero-order chi connectivity index (χ0) is 12.7. The van der Waals surface area contributed by atoms with Crippen LogP contribution in [0.2, 0.25) is 0 Å². The van der Waals surface area contributed by atoms with Crippen LogP contribution in [-0.4, -0.2) is 0 Å². The Morgan fingerprint density at radius 3 is 1.58 bits per heavy atom. The Hall–Kier alpha value is -1.76. The molecule has 0 bridgehead atoms. The highest BCUT2D eigenvalue weighted by molar-refractivity contribution is 5.61. The van der Waals surface area contributed by atoms with E-state index in [4.69, 9.17) is 0 Å². The smallest absolute Gasteiger partial charge is 0.0387 e. The SMILES string of the molecule is c1cc(Nc2cccc(C3CC3)c2)cc(C2CC2)c1. The summed E-state index contributed by atoms with van der Waals surface area (Å²) >= 11 is 0. The fourth-order valence-electron chi connectivity index (χ4n) is 2.74. The third-order valence-corrected chi connectivity index (χ3v) is 4.16. The van der Waals surface area contributed by atoms with Gasteiger partial charge in [-0.2, -0.15) is 0 Å². The first-order valence-electron chi connectivity index (χ1n) is 7.35. The zero-order valence-electron chi connectivity index (χ0n) is 11.1. The van der Waals surface area contributed by atoms with Crippen molar-refractivity contribution in [1.82, 2.24) is 0 Å². The maximum Gasteiger partial charge on any atom is 0.0387 e. The molecule has 0 atom stereocenters. The molecule has 0 aliphatic heterocycles. The molecule has 2 saturated carbocycles. The van der Waals surface area contributed by atoms with Gasteiger partial charge in [-0.3, -0.25) is 0 Å². The van der Waals surface area contributed by atoms with Crippen molar-refractivity contribution in [3.05, 3.63) is 59.7 Å². The maximum atomic E-state index is 3.55. The van der Waals surface area contributed by atoms with Crippen LogP contribution < -0.4 is 5.32 Å². The Kier molecular flexibility index (Phi) is 2.58. The summed E-state index contributed by atoms with van der Waals surface area (Å²) in [5, 5.41) is 3.55. The van der Waals surface area contributed by atoms with Crippen molar-refractivity contribution in [2.75, 3.05) is 5.32 Å². The average Bonchev–Trinajstić information content (AvgIpc) is 3.31. The van der Waals surface area contributed by atoms with Gasteiger partial charge in [0, 0.05) is 11.4 Å². The van der Waals surface area contributed by atoms with Crippen LogP contribution in [0.25, 0.3) is 0 Å². The fourth-order valence-corrected chi connectivity index (χ4v) is 2.74. The van der Waals surface area contributed by atoms with Gasteiger partial charge in [-0.1, -0.05) is 24.3 Å². The first-order chi connectivity index (χ1) is 9.38. The Labute approximate surface area is 114 Å². The Morgan fingerprint density at radius 1 is 0.684 bits per heavy atom. The predicted molar refractivity (Wildman–Crippen MR) is 80.1 cm³/mol. The van der Waals surface area contributed by atoms with Crippen LogP contribution in [0.5, 0.6) is 0 Å². The van der Waals surface area contributed by atoms with E-state index in [-0.39, 0.29) is 0 Å². The van der Waals surface area contributed by atoms with E-state index in [1.54, 1.807) is 0 Å². The summed E-state index contributed by atoms with van der Waals surface area (Å²) < 4.78 is 0. The molecular formula is C18H19N. The molecule has 2 aromatic rings. The predicted octanol–water partition coefficient (Wildman–Crippen LogP) is 5.19. The average molecular weight is 249 g/mol. The second-order valence-corrected chi connectivity index (χ2v) is 5.92. The van der Waals surface area contributed by atoms with E-state index >= 15 is 0 Å². The Morgan fingerprint density at radius 2 is 1.16 bits per heavy atom. The van der Waals surface area contributed by atoms with Crippen molar-refractivity contribution in [3.63, 3.8) is 0 Å². The molecule has 2 aliphatic rings. The second-order valence-electron chi connectivity index (χ2n) is 5.92. The van der Waals surface area contributed by atoms with Crippen LogP contribution in [0.4, 0.5) is 11.4 Å². The highest BCUT2D eigenvalue weighted by Gasteiger charge is 2.24. The lowest BCUT2D eigenvalue weighted by atomic mass is 10.1. The molecule has 1 N–H and O–H groups in total. The molecule has 0 spiro atoms. The Bertz CT molecular complexity index is 541. The lowest BCUT2D eigenvalue weighted by Gasteiger charge is -2.09. The Balaban J connectivity index is 1.56. The van der Waals surface area contributed by atoms with Gasteiger partial charge >= 0.3 is 0 Å². The van der Waals surface area contributed by atoms with Crippen LogP contribution in [0.1, 0.15) is 48.6 Å². The van der Waals surface area contributed by atoms with E-state index < -0.39 is 0 Å². The monoisotopic (exact) mass is 249 g/mol. The molecule has 1 heteroatoms. The minimum absolute atomic E-state index is 0.819. The van der Waals surface area contributed by atoms with E-state index in [1.165, 1.54) is 48.2 Å². The summed E-state index contributed by atoms with van der Waals surface area (Å²) in [6, 6.07) is 17.8. The van der Waals surface area contributed by atoms with Crippen molar-refractivity contribution < 1.29 is 0 Å². The number of rotatable bonds is 4.